The fourth-order valence-corrected chi connectivity index (χ4v) is 6.14. The van der Waals surface area contributed by atoms with Crippen LogP contribution in [0.1, 0.15) is 24.9 Å². The third-order valence-corrected chi connectivity index (χ3v) is 8.37. The molecular weight excluding hydrogens is 469 g/mol. The van der Waals surface area contributed by atoms with Gasteiger partial charge in [-0.3, -0.25) is 4.79 Å². The average molecular weight is 491 g/mol. The zero-order chi connectivity index (χ0) is 24.3. The van der Waals surface area contributed by atoms with Crippen molar-refractivity contribution in [3.8, 4) is 0 Å². The highest BCUT2D eigenvalue weighted by Crippen LogP contribution is 2.35. The first-order chi connectivity index (χ1) is 16.1. The van der Waals surface area contributed by atoms with Crippen LogP contribution in [0.25, 0.3) is 21.9 Å². The number of pyridine rings is 2. The topological polar surface area (TPSA) is 88.1 Å². The zero-order valence-electron chi connectivity index (χ0n) is 18.1. The van der Waals surface area contributed by atoms with Crippen molar-refractivity contribution < 1.29 is 21.6 Å². The third kappa shape index (κ3) is 3.68. The van der Waals surface area contributed by atoms with Crippen LogP contribution in [-0.4, -0.2) is 40.3 Å². The fraction of sp³-hybridized carbons (Fsp3) is 0.304. The van der Waals surface area contributed by atoms with Gasteiger partial charge in [0.15, 0.2) is 5.43 Å². The normalized spacial score (nSPS) is 20.2. The largest absolute Gasteiger partial charge is 0.416 e. The van der Waals surface area contributed by atoms with Crippen LogP contribution >= 0.6 is 0 Å². The molecule has 0 saturated carbocycles. The first kappa shape index (κ1) is 22.6. The number of benzene rings is 1. The van der Waals surface area contributed by atoms with Crippen LogP contribution < -0.4 is 5.43 Å². The van der Waals surface area contributed by atoms with Crippen LogP contribution in [0.5, 0.6) is 0 Å². The van der Waals surface area contributed by atoms with Crippen molar-refractivity contribution in [1.82, 2.24) is 18.8 Å². The molecule has 1 fully saturated rings. The highest BCUT2D eigenvalue weighted by molar-refractivity contribution is 7.89. The predicted molar refractivity (Wildman–Crippen MR) is 121 cm³/mol. The number of nitrogens with zero attached hydrogens (tertiary/aromatic N) is 3. The predicted octanol–water partition coefficient (Wildman–Crippen LogP) is 4.17. The second-order valence-corrected chi connectivity index (χ2v) is 10.5. The first-order valence-corrected chi connectivity index (χ1v) is 12.2. The zero-order valence-corrected chi connectivity index (χ0v) is 18.9. The van der Waals surface area contributed by atoms with Crippen LogP contribution in [0.4, 0.5) is 13.2 Å². The van der Waals surface area contributed by atoms with Crippen molar-refractivity contribution in [2.75, 3.05) is 13.1 Å². The maximum absolute atomic E-state index is 13.3. The van der Waals surface area contributed by atoms with Crippen molar-refractivity contribution in [3.05, 3.63) is 70.8 Å². The molecule has 0 unspecified atom stereocenters. The Bertz CT molecular complexity index is 1560. The van der Waals surface area contributed by atoms with Gasteiger partial charge in [-0.15, -0.1) is 0 Å². The summed E-state index contributed by atoms with van der Waals surface area (Å²) < 4.78 is 69.3. The number of rotatable bonds is 3. The van der Waals surface area contributed by atoms with Gasteiger partial charge in [0, 0.05) is 43.1 Å². The Kier molecular flexibility index (Phi) is 5.28. The van der Waals surface area contributed by atoms with E-state index in [0.717, 1.165) is 17.5 Å². The monoisotopic (exact) mass is 490 g/mol. The van der Waals surface area contributed by atoms with Crippen LogP contribution in [-0.2, 0) is 16.2 Å². The van der Waals surface area contributed by atoms with Gasteiger partial charge in [0.05, 0.1) is 27.4 Å². The van der Waals surface area contributed by atoms with Crippen LogP contribution in [0.2, 0.25) is 0 Å². The van der Waals surface area contributed by atoms with Gasteiger partial charge in [0.25, 0.3) is 0 Å². The number of nitrogens with one attached hydrogen (secondary N) is 1. The summed E-state index contributed by atoms with van der Waals surface area (Å²) in [4.78, 5) is 19.4. The van der Waals surface area contributed by atoms with Crippen LogP contribution in [0.3, 0.4) is 0 Å². The molecule has 178 valence electrons. The molecule has 11 heteroatoms. The molecule has 0 radical (unpaired) electrons. The molecule has 0 amide bonds. The van der Waals surface area contributed by atoms with Gasteiger partial charge in [-0.25, -0.2) is 13.4 Å². The quantitative estimate of drug-likeness (QED) is 0.467. The van der Waals surface area contributed by atoms with E-state index in [2.05, 4.69) is 9.97 Å². The third-order valence-electron chi connectivity index (χ3n) is 6.51. The van der Waals surface area contributed by atoms with Crippen LogP contribution in [0, 0.1) is 5.92 Å². The number of sulfonamides is 1. The minimum atomic E-state index is -4.64. The molecule has 0 bridgehead atoms. The molecule has 5 rings (SSSR count). The summed E-state index contributed by atoms with van der Waals surface area (Å²) in [5.74, 6) is 0.0563. The number of hydrogen-bond acceptors (Lipinski definition) is 4. The summed E-state index contributed by atoms with van der Waals surface area (Å²) in [5.41, 5.74) is 0.0423. The second-order valence-electron chi connectivity index (χ2n) is 8.57. The fourth-order valence-electron chi connectivity index (χ4n) is 4.62. The van der Waals surface area contributed by atoms with Gasteiger partial charge < -0.3 is 9.55 Å². The number of fused-ring (bicyclic) bond motifs is 3. The minimum Gasteiger partial charge on any atom is -0.346 e. The van der Waals surface area contributed by atoms with Crippen molar-refractivity contribution in [1.29, 1.82) is 0 Å². The Morgan fingerprint density at radius 3 is 2.71 bits per heavy atom. The van der Waals surface area contributed by atoms with Crippen LogP contribution in [0.15, 0.2) is 64.7 Å². The van der Waals surface area contributed by atoms with Gasteiger partial charge in [-0.2, -0.15) is 17.5 Å². The molecule has 1 aromatic carbocycles. The van der Waals surface area contributed by atoms with E-state index < -0.39 is 26.7 Å². The Labute approximate surface area is 192 Å². The molecular formula is C23H21F3N4O3S. The van der Waals surface area contributed by atoms with E-state index in [0.29, 0.717) is 29.0 Å². The lowest BCUT2D eigenvalue weighted by Crippen LogP contribution is -2.44. The highest BCUT2D eigenvalue weighted by atomic mass is 32.2. The summed E-state index contributed by atoms with van der Waals surface area (Å²) >= 11 is 0. The van der Waals surface area contributed by atoms with Gasteiger partial charge in [0.1, 0.15) is 5.65 Å². The van der Waals surface area contributed by atoms with E-state index in [-0.39, 0.29) is 30.5 Å². The van der Waals surface area contributed by atoms with E-state index in [9.17, 15) is 26.4 Å². The molecule has 1 aliphatic rings. The lowest BCUT2D eigenvalue weighted by atomic mass is 9.94. The molecule has 2 atom stereocenters. The Hall–Kier alpha value is -3.18. The van der Waals surface area contributed by atoms with Gasteiger partial charge >= 0.3 is 6.18 Å². The molecule has 3 aromatic heterocycles. The van der Waals surface area contributed by atoms with Crippen molar-refractivity contribution in [2.24, 2.45) is 5.92 Å². The van der Waals surface area contributed by atoms with Gasteiger partial charge in [-0.05, 0) is 36.6 Å². The highest BCUT2D eigenvalue weighted by Gasteiger charge is 2.37. The van der Waals surface area contributed by atoms with Crippen molar-refractivity contribution in [2.45, 2.75) is 30.5 Å². The molecule has 34 heavy (non-hydrogen) atoms. The summed E-state index contributed by atoms with van der Waals surface area (Å²) in [6.07, 6.45) is 0.733. The van der Waals surface area contributed by atoms with E-state index in [1.54, 1.807) is 12.4 Å². The van der Waals surface area contributed by atoms with E-state index in [1.165, 1.54) is 22.6 Å². The molecule has 1 N–H and O–H groups in total. The lowest BCUT2D eigenvalue weighted by Gasteiger charge is -2.38. The summed E-state index contributed by atoms with van der Waals surface area (Å²) in [5, 5.41) is 1.15. The minimum absolute atomic E-state index is 0.0563. The summed E-state index contributed by atoms with van der Waals surface area (Å²) in [7, 11) is -4.16. The number of piperidine rings is 1. The van der Waals surface area contributed by atoms with E-state index >= 15 is 0 Å². The van der Waals surface area contributed by atoms with Gasteiger partial charge in [0.2, 0.25) is 10.0 Å². The average Bonchev–Trinajstić information content (AvgIpc) is 3.29. The van der Waals surface area contributed by atoms with Gasteiger partial charge in [-0.1, -0.05) is 13.0 Å². The van der Waals surface area contributed by atoms with Crippen molar-refractivity contribution in [3.63, 3.8) is 0 Å². The molecule has 1 saturated heterocycles. The first-order valence-electron chi connectivity index (χ1n) is 10.7. The number of H-pyrrole nitrogens is 1. The number of aromatic amines is 1. The maximum Gasteiger partial charge on any atom is 0.416 e. The Balaban J connectivity index is 1.58. The molecule has 0 spiro atoms. The number of alkyl halides is 3. The molecule has 1 aliphatic heterocycles. The van der Waals surface area contributed by atoms with E-state index in [1.807, 2.05) is 17.6 Å². The summed E-state index contributed by atoms with van der Waals surface area (Å²) in [6.45, 7) is 2.25. The van der Waals surface area contributed by atoms with Crippen molar-refractivity contribution >= 4 is 32.0 Å². The summed E-state index contributed by atoms with van der Waals surface area (Å²) in [6, 6.07) is 6.71. The second kappa shape index (κ2) is 7.95. The maximum atomic E-state index is 13.3. The Morgan fingerprint density at radius 1 is 1.15 bits per heavy atom. The molecule has 0 aliphatic carbocycles. The SMILES string of the molecule is C[C@@H]1CCN(S(=O)(=O)c2cccc(C(F)(F)F)c2)C[C@@H]1n1ccc(=O)c2cnc3[nH]ccc3c21. The molecule has 4 aromatic rings. The van der Waals surface area contributed by atoms with E-state index in [4.69, 9.17) is 0 Å². The number of halogens is 3. The molecule has 7 nitrogen and oxygen atoms in total. The standard InChI is InChI=1S/C23H21F3N4O3S/c1-14-6-9-29(34(32,33)16-4-2-3-15(11-16)23(24,25)26)13-19(14)30-10-7-20(31)18-12-28-22-17(21(18)30)5-8-27-22/h2-5,7-8,10-12,14,19H,6,9,13H2,1H3,(H,27,28)/t14-,19+/m1/s1. The lowest BCUT2D eigenvalue weighted by molar-refractivity contribution is -0.137. The smallest absolute Gasteiger partial charge is 0.346 e. The Morgan fingerprint density at radius 2 is 1.94 bits per heavy atom. The number of hydrogen-bond donors (Lipinski definition) is 1. The molecule has 4 heterocycles. The number of aromatic nitrogens is 3.